The van der Waals surface area contributed by atoms with Gasteiger partial charge in [0.15, 0.2) is 9.84 Å². The number of unbranched alkanes of at least 4 members (excludes halogenated alkanes) is 1. The number of hydrogen-bond donors (Lipinski definition) is 1. The summed E-state index contributed by atoms with van der Waals surface area (Å²) in [5, 5.41) is 8.02. The van der Waals surface area contributed by atoms with Crippen molar-refractivity contribution in [2.75, 3.05) is 11.5 Å². The van der Waals surface area contributed by atoms with E-state index in [4.69, 9.17) is 5.11 Å². The Hall–Kier alpha value is -0.720. The maximum absolute atomic E-state index is 12.5. The summed E-state index contributed by atoms with van der Waals surface area (Å²) < 4.78 is 46.9. The molecule has 0 aliphatic heterocycles. The van der Waals surface area contributed by atoms with Gasteiger partial charge in [-0.05, 0) is 6.42 Å². The van der Waals surface area contributed by atoms with Crippen molar-refractivity contribution in [1.29, 1.82) is 0 Å². The smallest absolute Gasteiger partial charge is 0.375 e. The number of aliphatic carboxylic acids is 1. The first-order valence-corrected chi connectivity index (χ1v) is 5.85. The third-order valence-corrected chi connectivity index (χ3v) is 3.24. The molecule has 7 heteroatoms. The minimum absolute atomic E-state index is 0.262. The largest absolute Gasteiger partial charge is 0.477 e. The maximum Gasteiger partial charge on any atom is 0.375 e. The van der Waals surface area contributed by atoms with Crippen LogP contribution in [0.5, 0.6) is 0 Å². The summed E-state index contributed by atoms with van der Waals surface area (Å²) in [5.74, 6) is -8.61. The lowest BCUT2D eigenvalue weighted by atomic mass is 10.4. The Kier molecular flexibility index (Phi) is 4.44. The molecule has 4 nitrogen and oxygen atoms in total. The lowest BCUT2D eigenvalue weighted by Gasteiger charge is -2.10. The van der Waals surface area contributed by atoms with Gasteiger partial charge in [0.25, 0.3) is 0 Å². The SMILES string of the molecule is CCCCS(=O)(=O)CC(F)(F)C(=O)O. The monoisotopic (exact) mass is 230 g/mol. The van der Waals surface area contributed by atoms with Crippen LogP contribution in [0.15, 0.2) is 0 Å². The van der Waals surface area contributed by atoms with E-state index in [1.54, 1.807) is 6.92 Å². The van der Waals surface area contributed by atoms with E-state index in [0.717, 1.165) is 0 Å². The van der Waals surface area contributed by atoms with Crippen LogP contribution >= 0.6 is 0 Å². The fourth-order valence-corrected chi connectivity index (χ4v) is 2.32. The van der Waals surface area contributed by atoms with Crippen molar-refractivity contribution in [1.82, 2.24) is 0 Å². The summed E-state index contributed by atoms with van der Waals surface area (Å²) in [4.78, 5) is 9.96. The fraction of sp³-hybridized carbons (Fsp3) is 0.857. The molecule has 0 spiro atoms. The number of carboxylic acids is 1. The summed E-state index contributed by atoms with van der Waals surface area (Å²) >= 11 is 0. The zero-order valence-corrected chi connectivity index (χ0v) is 8.48. The van der Waals surface area contributed by atoms with Crippen molar-refractivity contribution in [2.24, 2.45) is 0 Å². The molecular weight excluding hydrogens is 218 g/mol. The average Bonchev–Trinajstić information content (AvgIpc) is 1.99. The van der Waals surface area contributed by atoms with Gasteiger partial charge in [-0.3, -0.25) is 0 Å². The van der Waals surface area contributed by atoms with E-state index < -0.39 is 33.2 Å². The molecule has 0 aromatic carbocycles. The second-order valence-corrected chi connectivity index (χ2v) is 5.14. The standard InChI is InChI=1S/C7H12F2O4S/c1-2-3-4-14(12,13)5-7(8,9)6(10)11/h2-5H2,1H3,(H,10,11). The molecule has 0 unspecified atom stereocenters. The third-order valence-electron chi connectivity index (χ3n) is 1.52. The van der Waals surface area contributed by atoms with E-state index in [1.807, 2.05) is 0 Å². The molecule has 0 bridgehead atoms. The highest BCUT2D eigenvalue weighted by molar-refractivity contribution is 7.91. The molecule has 0 rings (SSSR count). The van der Waals surface area contributed by atoms with Gasteiger partial charge < -0.3 is 5.11 Å². The van der Waals surface area contributed by atoms with E-state index >= 15 is 0 Å². The van der Waals surface area contributed by atoms with Crippen molar-refractivity contribution in [3.05, 3.63) is 0 Å². The van der Waals surface area contributed by atoms with E-state index in [0.29, 0.717) is 6.42 Å². The topological polar surface area (TPSA) is 71.4 Å². The van der Waals surface area contributed by atoms with E-state index in [9.17, 15) is 22.0 Å². The number of sulfone groups is 1. The van der Waals surface area contributed by atoms with E-state index in [2.05, 4.69) is 0 Å². The number of carboxylic acid groups (broad SMARTS) is 1. The van der Waals surface area contributed by atoms with Crippen LogP contribution in [0.1, 0.15) is 19.8 Å². The molecule has 14 heavy (non-hydrogen) atoms. The van der Waals surface area contributed by atoms with Crippen LogP contribution in [-0.2, 0) is 14.6 Å². The average molecular weight is 230 g/mol. The molecule has 0 aromatic rings. The van der Waals surface area contributed by atoms with Gasteiger partial charge in [0.05, 0.1) is 5.75 Å². The second kappa shape index (κ2) is 4.68. The quantitative estimate of drug-likeness (QED) is 0.736. The van der Waals surface area contributed by atoms with Crippen LogP contribution < -0.4 is 0 Å². The summed E-state index contributed by atoms with van der Waals surface area (Å²) in [7, 11) is -3.98. The van der Waals surface area contributed by atoms with Gasteiger partial charge in [-0.25, -0.2) is 13.2 Å². The Labute approximate surface area is 80.8 Å². The van der Waals surface area contributed by atoms with Gasteiger partial charge >= 0.3 is 11.9 Å². The van der Waals surface area contributed by atoms with Crippen molar-refractivity contribution >= 4 is 15.8 Å². The van der Waals surface area contributed by atoms with Gasteiger partial charge in [-0.15, -0.1) is 0 Å². The molecule has 0 radical (unpaired) electrons. The molecule has 0 saturated heterocycles. The summed E-state index contributed by atoms with van der Waals surface area (Å²) in [6.45, 7) is 1.71. The summed E-state index contributed by atoms with van der Waals surface area (Å²) in [6, 6.07) is 0. The predicted molar refractivity (Wildman–Crippen MR) is 46.1 cm³/mol. The first-order valence-electron chi connectivity index (χ1n) is 4.03. The molecule has 0 aliphatic rings. The van der Waals surface area contributed by atoms with Gasteiger partial charge in [-0.1, -0.05) is 13.3 Å². The van der Waals surface area contributed by atoms with Crippen LogP contribution in [-0.4, -0.2) is 36.9 Å². The van der Waals surface area contributed by atoms with Crippen LogP contribution in [0.4, 0.5) is 8.78 Å². The van der Waals surface area contributed by atoms with Crippen molar-refractivity contribution in [3.63, 3.8) is 0 Å². The first-order chi connectivity index (χ1) is 6.21. The number of rotatable bonds is 6. The highest BCUT2D eigenvalue weighted by Gasteiger charge is 2.43. The first kappa shape index (κ1) is 13.3. The summed E-state index contributed by atoms with van der Waals surface area (Å²) in [5.41, 5.74) is 0. The maximum atomic E-state index is 12.5. The lowest BCUT2D eigenvalue weighted by Crippen LogP contribution is -2.37. The molecule has 0 atom stereocenters. The van der Waals surface area contributed by atoms with Crippen LogP contribution in [0.25, 0.3) is 0 Å². The number of halogens is 2. The molecule has 0 amide bonds. The third kappa shape index (κ3) is 4.50. The van der Waals surface area contributed by atoms with Crippen LogP contribution in [0.2, 0.25) is 0 Å². The predicted octanol–water partition coefficient (Wildman–Crippen LogP) is 0.921. The normalized spacial score (nSPS) is 12.8. The van der Waals surface area contributed by atoms with Gasteiger partial charge in [0, 0.05) is 0 Å². The van der Waals surface area contributed by atoms with Crippen molar-refractivity contribution < 1.29 is 27.1 Å². The molecule has 84 valence electrons. The zero-order chi connectivity index (χ0) is 11.4. The minimum Gasteiger partial charge on any atom is -0.477 e. The fourth-order valence-electron chi connectivity index (χ4n) is 0.774. The van der Waals surface area contributed by atoms with E-state index in [-0.39, 0.29) is 6.42 Å². The number of carbonyl (C=O) groups is 1. The molecule has 0 aromatic heterocycles. The molecular formula is C7H12F2O4S. The molecule has 0 saturated carbocycles. The van der Waals surface area contributed by atoms with Crippen LogP contribution in [0.3, 0.4) is 0 Å². The Morgan fingerprint density at radius 1 is 1.43 bits per heavy atom. The van der Waals surface area contributed by atoms with E-state index in [1.165, 1.54) is 0 Å². The van der Waals surface area contributed by atoms with Gasteiger partial charge in [0.2, 0.25) is 0 Å². The Morgan fingerprint density at radius 3 is 2.29 bits per heavy atom. The van der Waals surface area contributed by atoms with Gasteiger partial charge in [-0.2, -0.15) is 8.78 Å². The molecule has 0 heterocycles. The zero-order valence-electron chi connectivity index (χ0n) is 7.66. The highest BCUT2D eigenvalue weighted by Crippen LogP contribution is 2.17. The molecule has 0 fully saturated rings. The lowest BCUT2D eigenvalue weighted by molar-refractivity contribution is -0.161. The van der Waals surface area contributed by atoms with Crippen molar-refractivity contribution in [2.45, 2.75) is 25.7 Å². The van der Waals surface area contributed by atoms with Gasteiger partial charge in [0.1, 0.15) is 5.75 Å². The molecule has 1 N–H and O–H groups in total. The second-order valence-electron chi connectivity index (χ2n) is 2.96. The number of hydrogen-bond acceptors (Lipinski definition) is 3. The van der Waals surface area contributed by atoms with Crippen LogP contribution in [0, 0.1) is 0 Å². The minimum atomic E-state index is -4.19. The Bertz CT molecular complexity index is 297. The van der Waals surface area contributed by atoms with Crippen molar-refractivity contribution in [3.8, 4) is 0 Å². The molecule has 0 aliphatic carbocycles. The summed E-state index contributed by atoms with van der Waals surface area (Å²) in [6.07, 6.45) is 0.815. The highest BCUT2D eigenvalue weighted by atomic mass is 32.2. The Morgan fingerprint density at radius 2 is 1.93 bits per heavy atom. The Balaban J connectivity index is 4.43. The number of alkyl halides is 2.